The van der Waals surface area contributed by atoms with Crippen LogP contribution in [0.4, 0.5) is 4.79 Å². The third-order valence-corrected chi connectivity index (χ3v) is 5.50. The van der Waals surface area contributed by atoms with Crippen molar-refractivity contribution >= 4 is 29.2 Å². The van der Waals surface area contributed by atoms with Gasteiger partial charge < -0.3 is 20.3 Å². The molecular formula is C18H24N4O4S. The topological polar surface area (TPSA) is 91.0 Å². The van der Waals surface area contributed by atoms with Gasteiger partial charge in [-0.3, -0.25) is 9.69 Å². The zero-order chi connectivity index (χ0) is 19.4. The average molecular weight is 392 g/mol. The summed E-state index contributed by atoms with van der Waals surface area (Å²) in [5.74, 6) is -0.362. The van der Waals surface area contributed by atoms with Gasteiger partial charge in [0.25, 0.3) is 5.91 Å². The van der Waals surface area contributed by atoms with Crippen LogP contribution in [0.2, 0.25) is 0 Å². The smallest absolute Gasteiger partial charge is 0.337 e. The molecule has 2 aliphatic heterocycles. The highest BCUT2D eigenvalue weighted by molar-refractivity contribution is 7.12. The van der Waals surface area contributed by atoms with Gasteiger partial charge in [-0.25, -0.2) is 9.59 Å². The van der Waals surface area contributed by atoms with E-state index in [9.17, 15) is 14.4 Å². The molecule has 3 heterocycles. The summed E-state index contributed by atoms with van der Waals surface area (Å²) in [6.07, 6.45) is 0. The summed E-state index contributed by atoms with van der Waals surface area (Å²) in [4.78, 5) is 41.3. The van der Waals surface area contributed by atoms with Gasteiger partial charge >= 0.3 is 12.0 Å². The molecule has 1 atom stereocenters. The third-order valence-electron chi connectivity index (χ3n) is 4.64. The lowest BCUT2D eigenvalue weighted by molar-refractivity contribution is -0.139. The second-order valence-electron chi connectivity index (χ2n) is 6.48. The monoisotopic (exact) mass is 392 g/mol. The molecule has 27 heavy (non-hydrogen) atoms. The second kappa shape index (κ2) is 8.53. The Balaban J connectivity index is 1.65. The van der Waals surface area contributed by atoms with E-state index in [1.807, 2.05) is 22.4 Å². The van der Waals surface area contributed by atoms with E-state index in [1.54, 1.807) is 13.8 Å². The molecular weight excluding hydrogens is 368 g/mol. The van der Waals surface area contributed by atoms with Gasteiger partial charge in [0.1, 0.15) is 0 Å². The van der Waals surface area contributed by atoms with Gasteiger partial charge in [0.15, 0.2) is 0 Å². The predicted octanol–water partition coefficient (Wildman–Crippen LogP) is 1.02. The molecule has 1 aromatic heterocycles. The predicted molar refractivity (Wildman–Crippen MR) is 101 cm³/mol. The fourth-order valence-electron chi connectivity index (χ4n) is 3.29. The zero-order valence-electron chi connectivity index (χ0n) is 15.5. The van der Waals surface area contributed by atoms with Crippen LogP contribution >= 0.6 is 11.3 Å². The van der Waals surface area contributed by atoms with Crippen LogP contribution in [0.3, 0.4) is 0 Å². The van der Waals surface area contributed by atoms with Crippen LogP contribution in [0.1, 0.15) is 23.5 Å². The minimum absolute atomic E-state index is 0.0554. The maximum Gasteiger partial charge on any atom is 0.337 e. The number of ether oxygens (including phenoxy) is 1. The number of esters is 1. The highest BCUT2D eigenvalue weighted by Gasteiger charge is 2.31. The molecule has 0 aromatic carbocycles. The lowest BCUT2D eigenvalue weighted by Crippen LogP contribution is -2.54. The number of piperazine rings is 1. The summed E-state index contributed by atoms with van der Waals surface area (Å²) in [7, 11) is 0. The fourth-order valence-corrected chi connectivity index (χ4v) is 3.98. The summed E-state index contributed by atoms with van der Waals surface area (Å²) in [6.45, 7) is 6.81. The maximum absolute atomic E-state index is 12.4. The number of amides is 3. The standard InChI is InChI=1S/C18H24N4O4S/c1-3-26-17(24)15-12(2)19-18(25)20-13(15)11-21-6-8-22(9-7-21)16(23)14-5-4-10-27-14/h4-5,10,12H,3,6-9,11H2,1-2H3,(H2,19,20,25). The number of thiophene rings is 1. The normalized spacial score (nSPS) is 20.9. The van der Waals surface area contributed by atoms with Crippen LogP contribution in [0.25, 0.3) is 0 Å². The first-order valence-corrected chi connectivity index (χ1v) is 9.90. The molecule has 9 heteroatoms. The van der Waals surface area contributed by atoms with Crippen LogP contribution in [0.5, 0.6) is 0 Å². The number of nitrogens with one attached hydrogen (secondary N) is 2. The van der Waals surface area contributed by atoms with E-state index in [-0.39, 0.29) is 18.5 Å². The van der Waals surface area contributed by atoms with Crippen molar-refractivity contribution in [1.29, 1.82) is 0 Å². The quantitative estimate of drug-likeness (QED) is 0.731. The lowest BCUT2D eigenvalue weighted by Gasteiger charge is -2.36. The number of hydrogen-bond donors (Lipinski definition) is 2. The van der Waals surface area contributed by atoms with Gasteiger partial charge in [0.05, 0.1) is 23.1 Å². The van der Waals surface area contributed by atoms with Crippen LogP contribution in [-0.4, -0.2) is 73.1 Å². The molecule has 0 bridgehead atoms. The molecule has 0 spiro atoms. The van der Waals surface area contributed by atoms with Crippen molar-refractivity contribution in [2.45, 2.75) is 19.9 Å². The Morgan fingerprint density at radius 1 is 1.30 bits per heavy atom. The molecule has 0 saturated carbocycles. The molecule has 2 aliphatic rings. The molecule has 0 radical (unpaired) electrons. The highest BCUT2D eigenvalue weighted by Crippen LogP contribution is 2.18. The SMILES string of the molecule is CCOC(=O)C1=C(CN2CCN(C(=O)c3cccs3)CC2)NC(=O)NC1C. The summed E-state index contributed by atoms with van der Waals surface area (Å²) >= 11 is 1.44. The summed E-state index contributed by atoms with van der Waals surface area (Å²) in [6, 6.07) is 2.98. The van der Waals surface area contributed by atoms with E-state index in [0.717, 1.165) is 4.88 Å². The molecule has 3 rings (SSSR count). The van der Waals surface area contributed by atoms with Crippen LogP contribution < -0.4 is 10.6 Å². The van der Waals surface area contributed by atoms with E-state index in [2.05, 4.69) is 15.5 Å². The van der Waals surface area contributed by atoms with Gasteiger partial charge in [-0.15, -0.1) is 11.3 Å². The molecule has 8 nitrogen and oxygen atoms in total. The van der Waals surface area contributed by atoms with Crippen molar-refractivity contribution in [3.05, 3.63) is 33.7 Å². The first-order valence-electron chi connectivity index (χ1n) is 9.02. The first-order chi connectivity index (χ1) is 13.0. The first kappa shape index (κ1) is 19.4. The highest BCUT2D eigenvalue weighted by atomic mass is 32.1. The Labute approximate surface area is 162 Å². The molecule has 146 valence electrons. The maximum atomic E-state index is 12.4. The van der Waals surface area contributed by atoms with Gasteiger partial charge in [0.2, 0.25) is 0 Å². The number of urea groups is 1. The van der Waals surface area contributed by atoms with Crippen LogP contribution in [0, 0.1) is 0 Å². The zero-order valence-corrected chi connectivity index (χ0v) is 16.3. The number of rotatable bonds is 5. The molecule has 1 aromatic rings. The van der Waals surface area contributed by atoms with Crippen LogP contribution in [-0.2, 0) is 9.53 Å². The van der Waals surface area contributed by atoms with Gasteiger partial charge in [-0.05, 0) is 25.3 Å². The molecule has 1 saturated heterocycles. The second-order valence-corrected chi connectivity index (χ2v) is 7.43. The Morgan fingerprint density at radius 2 is 2.04 bits per heavy atom. The van der Waals surface area contributed by atoms with E-state index in [1.165, 1.54) is 11.3 Å². The van der Waals surface area contributed by atoms with Crippen molar-refractivity contribution in [3.63, 3.8) is 0 Å². The Morgan fingerprint density at radius 3 is 2.67 bits per heavy atom. The Bertz CT molecular complexity index is 739. The van der Waals surface area contributed by atoms with Crippen LogP contribution in [0.15, 0.2) is 28.8 Å². The number of hydrogen-bond acceptors (Lipinski definition) is 6. The molecule has 1 fully saturated rings. The Hall–Kier alpha value is -2.39. The lowest BCUT2D eigenvalue weighted by atomic mass is 10.0. The average Bonchev–Trinajstić information content (AvgIpc) is 3.16. The molecule has 2 N–H and O–H groups in total. The van der Waals surface area contributed by atoms with E-state index in [0.29, 0.717) is 44.0 Å². The summed E-state index contributed by atoms with van der Waals surface area (Å²) in [5, 5.41) is 7.34. The Kier molecular flexibility index (Phi) is 6.12. The molecule has 0 aliphatic carbocycles. The summed E-state index contributed by atoms with van der Waals surface area (Å²) < 4.78 is 5.14. The van der Waals surface area contributed by atoms with E-state index >= 15 is 0 Å². The largest absolute Gasteiger partial charge is 0.463 e. The third kappa shape index (κ3) is 4.48. The fraction of sp³-hybridized carbons (Fsp3) is 0.500. The van der Waals surface area contributed by atoms with Gasteiger partial charge in [-0.2, -0.15) is 0 Å². The minimum Gasteiger partial charge on any atom is -0.463 e. The van der Waals surface area contributed by atoms with Gasteiger partial charge in [-0.1, -0.05) is 6.07 Å². The van der Waals surface area contributed by atoms with E-state index in [4.69, 9.17) is 4.74 Å². The van der Waals surface area contributed by atoms with Crippen molar-refractivity contribution in [2.24, 2.45) is 0 Å². The van der Waals surface area contributed by atoms with Crippen molar-refractivity contribution in [1.82, 2.24) is 20.4 Å². The minimum atomic E-state index is -0.418. The number of carbonyl (C=O) groups is 3. The molecule has 3 amide bonds. The number of nitrogens with zero attached hydrogens (tertiary/aromatic N) is 2. The van der Waals surface area contributed by atoms with E-state index < -0.39 is 12.0 Å². The van der Waals surface area contributed by atoms with Crippen molar-refractivity contribution in [3.8, 4) is 0 Å². The van der Waals surface area contributed by atoms with Crippen molar-refractivity contribution in [2.75, 3.05) is 39.3 Å². The molecule has 1 unspecified atom stereocenters. The van der Waals surface area contributed by atoms with Crippen molar-refractivity contribution < 1.29 is 19.1 Å². The van der Waals surface area contributed by atoms with Gasteiger partial charge in [0, 0.05) is 38.4 Å². The summed E-state index contributed by atoms with van der Waals surface area (Å²) in [5.41, 5.74) is 1.02. The number of carbonyl (C=O) groups excluding carboxylic acids is 3.